The molecule has 5 heterocycles. The van der Waals surface area contributed by atoms with Crippen molar-refractivity contribution in [2.45, 2.75) is 63.8 Å². The maximum absolute atomic E-state index is 15.5. The first kappa shape index (κ1) is 26.5. The zero-order valence-electron chi connectivity index (χ0n) is 23.1. The Morgan fingerprint density at radius 3 is 2.73 bits per heavy atom. The van der Waals surface area contributed by atoms with E-state index in [0.29, 0.717) is 36.7 Å². The van der Waals surface area contributed by atoms with E-state index in [1.165, 1.54) is 0 Å². The van der Waals surface area contributed by atoms with Gasteiger partial charge in [0.25, 0.3) is 0 Å². The molecule has 1 aliphatic carbocycles. The molecule has 1 amide bonds. The fraction of sp³-hybridized carbons (Fsp3) is 0.679. The van der Waals surface area contributed by atoms with Gasteiger partial charge in [-0.15, -0.1) is 0 Å². The lowest BCUT2D eigenvalue weighted by atomic mass is 10.1. The van der Waals surface area contributed by atoms with Gasteiger partial charge in [0.1, 0.15) is 29.3 Å². The van der Waals surface area contributed by atoms with Crippen molar-refractivity contribution in [3.63, 3.8) is 0 Å². The van der Waals surface area contributed by atoms with Crippen molar-refractivity contribution in [2.75, 3.05) is 57.5 Å². The van der Waals surface area contributed by atoms with Crippen LogP contribution in [-0.2, 0) is 9.47 Å². The van der Waals surface area contributed by atoms with Crippen molar-refractivity contribution >= 4 is 38.7 Å². The number of halogens is 2. The number of aromatic nitrogens is 2. The number of morpholine rings is 1. The Morgan fingerprint density at radius 1 is 1.23 bits per heavy atom. The van der Waals surface area contributed by atoms with Gasteiger partial charge in [-0.2, -0.15) is 9.97 Å². The minimum atomic E-state index is -0.579. The zero-order valence-corrected chi connectivity index (χ0v) is 24.7. The van der Waals surface area contributed by atoms with Crippen LogP contribution in [0.3, 0.4) is 0 Å². The number of rotatable bonds is 5. The van der Waals surface area contributed by atoms with E-state index in [1.807, 2.05) is 25.7 Å². The molecule has 1 aromatic heterocycles. The van der Waals surface area contributed by atoms with E-state index >= 15 is 4.39 Å². The van der Waals surface area contributed by atoms with E-state index in [1.54, 1.807) is 6.07 Å². The number of carbonyl (C=O) groups excluding carboxylic acids is 1. The Labute approximate surface area is 241 Å². The number of piperazine rings is 1. The number of nitrogens with zero attached hydrogens (tertiary/aromatic N) is 5. The van der Waals surface area contributed by atoms with Crippen LogP contribution < -0.4 is 14.4 Å². The second-order valence-electron chi connectivity index (χ2n) is 12.8. The largest absolute Gasteiger partial charge is 0.490 e. The molecule has 2 bridgehead atoms. The van der Waals surface area contributed by atoms with Crippen molar-refractivity contribution in [3.8, 4) is 11.8 Å². The Balaban J connectivity index is 1.19. The highest BCUT2D eigenvalue weighted by Crippen LogP contribution is 2.49. The monoisotopic (exact) mass is 619 g/mol. The second kappa shape index (κ2) is 9.55. The number of carbonyl (C=O) groups is 1. The quantitative estimate of drug-likeness (QED) is 0.493. The number of hydrogen-bond acceptors (Lipinski definition) is 9. The van der Waals surface area contributed by atoms with Crippen molar-refractivity contribution in [2.24, 2.45) is 5.41 Å². The number of benzene rings is 1. The molecule has 2 aromatic rings. The molecule has 3 atom stereocenters. The van der Waals surface area contributed by atoms with Crippen LogP contribution in [0.2, 0.25) is 0 Å². The molecule has 40 heavy (non-hydrogen) atoms. The maximum atomic E-state index is 15.5. The number of hydrogen-bond donors (Lipinski definition) is 0. The number of likely N-dealkylation sites (tertiary alicyclic amines) is 1. The Bertz CT molecular complexity index is 1340. The molecule has 4 fully saturated rings. The van der Waals surface area contributed by atoms with Gasteiger partial charge in [-0.1, -0.05) is 0 Å². The highest BCUT2D eigenvalue weighted by molar-refractivity contribution is 9.10. The van der Waals surface area contributed by atoms with E-state index in [2.05, 4.69) is 30.7 Å². The Hall–Kier alpha value is -2.44. The van der Waals surface area contributed by atoms with Gasteiger partial charge in [0.2, 0.25) is 0 Å². The van der Waals surface area contributed by atoms with Crippen LogP contribution >= 0.6 is 15.9 Å². The SMILES string of the molecule is CC(C)(C)OC(=O)N1C[C@H]2C[C@@H]1[C@@H]1COc3cc(Br)c(F)c4nc(OCC5(CN6CCOCC6)CC5)nc(c34)N21. The van der Waals surface area contributed by atoms with Crippen molar-refractivity contribution in [1.29, 1.82) is 0 Å². The fourth-order valence-corrected chi connectivity index (χ4v) is 7.01. The van der Waals surface area contributed by atoms with E-state index in [0.717, 1.165) is 52.1 Å². The standard InChI is InChI=1S/C28H35BrFN5O5/c1-27(2,3)40-26(36)34-12-16-10-18(34)19-13-38-20-11-17(29)22(30)23-21(20)24(35(16)19)32-25(31-23)39-15-28(4-5-28)14-33-6-8-37-9-7-33/h11,16,18-19H,4-10,12-15H2,1-3H3/t16-,18-,19+/m1/s1. The molecule has 4 aliphatic heterocycles. The van der Waals surface area contributed by atoms with Crippen LogP contribution in [0.15, 0.2) is 10.5 Å². The van der Waals surface area contributed by atoms with Crippen molar-refractivity contribution in [1.82, 2.24) is 19.8 Å². The number of fused-ring (bicyclic) bond motifs is 6. The van der Waals surface area contributed by atoms with E-state index in [4.69, 9.17) is 23.9 Å². The normalized spacial score (nSPS) is 26.9. The van der Waals surface area contributed by atoms with Gasteiger partial charge >= 0.3 is 12.1 Å². The lowest BCUT2D eigenvalue weighted by Gasteiger charge is -2.40. The molecular formula is C28H35BrFN5O5. The molecule has 7 rings (SSSR count). The third-order valence-corrected chi connectivity index (χ3v) is 9.29. The summed E-state index contributed by atoms with van der Waals surface area (Å²) in [7, 11) is 0. The van der Waals surface area contributed by atoms with Crippen LogP contribution in [0.25, 0.3) is 10.9 Å². The number of amides is 1. The van der Waals surface area contributed by atoms with Crippen molar-refractivity contribution < 1.29 is 28.1 Å². The lowest BCUT2D eigenvalue weighted by Crippen LogP contribution is -2.57. The van der Waals surface area contributed by atoms with Gasteiger partial charge in [-0.3, -0.25) is 4.90 Å². The maximum Gasteiger partial charge on any atom is 0.410 e. The van der Waals surface area contributed by atoms with Crippen LogP contribution in [0, 0.1) is 11.2 Å². The third-order valence-electron chi connectivity index (χ3n) is 8.72. The van der Waals surface area contributed by atoms with Gasteiger partial charge in [0.15, 0.2) is 5.82 Å². The van der Waals surface area contributed by atoms with Crippen LogP contribution in [0.4, 0.5) is 15.0 Å². The third kappa shape index (κ3) is 4.65. The first-order valence-electron chi connectivity index (χ1n) is 14.1. The van der Waals surface area contributed by atoms with Crippen molar-refractivity contribution in [3.05, 3.63) is 16.4 Å². The molecule has 0 unspecified atom stereocenters. The predicted octanol–water partition coefficient (Wildman–Crippen LogP) is 3.98. The molecule has 10 nitrogen and oxygen atoms in total. The summed E-state index contributed by atoms with van der Waals surface area (Å²) < 4.78 is 39.5. The van der Waals surface area contributed by atoms with E-state index in [-0.39, 0.29) is 45.6 Å². The van der Waals surface area contributed by atoms with Gasteiger partial charge in [-0.05, 0) is 62.0 Å². The average Bonchev–Trinajstić information content (AvgIpc) is 3.45. The van der Waals surface area contributed by atoms with Crippen LogP contribution in [0.5, 0.6) is 11.8 Å². The van der Waals surface area contributed by atoms with Crippen LogP contribution in [-0.4, -0.2) is 102 Å². The van der Waals surface area contributed by atoms with Gasteiger partial charge in [-0.25, -0.2) is 9.18 Å². The molecule has 0 spiro atoms. The molecule has 5 aliphatic rings. The highest BCUT2D eigenvalue weighted by Gasteiger charge is 2.55. The zero-order chi connectivity index (χ0) is 27.8. The summed E-state index contributed by atoms with van der Waals surface area (Å²) in [6.45, 7) is 11.3. The molecule has 12 heteroatoms. The Kier molecular flexibility index (Phi) is 6.32. The number of ether oxygens (including phenoxy) is 4. The molecule has 1 aromatic carbocycles. The van der Waals surface area contributed by atoms with Gasteiger partial charge in [0, 0.05) is 31.6 Å². The average molecular weight is 621 g/mol. The van der Waals surface area contributed by atoms with Crippen LogP contribution in [0.1, 0.15) is 40.0 Å². The van der Waals surface area contributed by atoms with E-state index in [9.17, 15) is 4.79 Å². The summed E-state index contributed by atoms with van der Waals surface area (Å²) in [5.74, 6) is 0.662. The summed E-state index contributed by atoms with van der Waals surface area (Å²) in [5, 5.41) is 0.543. The topological polar surface area (TPSA) is 89.5 Å². The first-order valence-corrected chi connectivity index (χ1v) is 14.9. The minimum Gasteiger partial charge on any atom is -0.490 e. The highest BCUT2D eigenvalue weighted by atomic mass is 79.9. The summed E-state index contributed by atoms with van der Waals surface area (Å²) >= 11 is 3.34. The second-order valence-corrected chi connectivity index (χ2v) is 13.6. The molecular weight excluding hydrogens is 585 g/mol. The number of anilines is 1. The predicted molar refractivity (Wildman–Crippen MR) is 149 cm³/mol. The summed E-state index contributed by atoms with van der Waals surface area (Å²) in [4.78, 5) is 28.9. The Morgan fingerprint density at radius 2 is 2.00 bits per heavy atom. The van der Waals surface area contributed by atoms with Gasteiger partial charge in [0.05, 0.1) is 47.8 Å². The van der Waals surface area contributed by atoms with E-state index < -0.39 is 11.4 Å². The summed E-state index contributed by atoms with van der Waals surface area (Å²) in [6, 6.07) is 1.57. The van der Waals surface area contributed by atoms with Gasteiger partial charge < -0.3 is 28.7 Å². The molecule has 1 saturated carbocycles. The molecule has 3 saturated heterocycles. The fourth-order valence-electron chi connectivity index (χ4n) is 6.61. The smallest absolute Gasteiger partial charge is 0.410 e. The molecule has 216 valence electrons. The summed E-state index contributed by atoms with van der Waals surface area (Å²) in [5.41, 5.74) is -0.337. The lowest BCUT2D eigenvalue weighted by molar-refractivity contribution is 0.0167. The minimum absolute atomic E-state index is 0.00539. The summed E-state index contributed by atoms with van der Waals surface area (Å²) in [6.07, 6.45) is 2.62. The molecule has 0 N–H and O–H groups in total. The molecule has 0 radical (unpaired) electrons. The first-order chi connectivity index (χ1) is 19.1.